The number of aliphatic hydroxyl groups is 1. The molecule has 7 nitrogen and oxygen atoms in total. The maximum atomic E-state index is 13.0. The van der Waals surface area contributed by atoms with Gasteiger partial charge in [-0.3, -0.25) is 4.79 Å². The van der Waals surface area contributed by atoms with Crippen LogP contribution in [0.2, 0.25) is 0 Å². The maximum Gasteiger partial charge on any atom is 0.322 e. The molecule has 3 aromatic rings. The first-order chi connectivity index (χ1) is 15.3. The Balaban J connectivity index is 1.52. The highest BCUT2D eigenvalue weighted by atomic mass is 32.2. The summed E-state index contributed by atoms with van der Waals surface area (Å²) in [6.07, 6.45) is -0.558. The smallest absolute Gasteiger partial charge is 0.322 e. The summed E-state index contributed by atoms with van der Waals surface area (Å²) in [6, 6.07) is 16.9. The highest BCUT2D eigenvalue weighted by Gasteiger charge is 2.40. The lowest BCUT2D eigenvalue weighted by Gasteiger charge is -2.34. The lowest BCUT2D eigenvalue weighted by Crippen LogP contribution is -2.51. The van der Waals surface area contributed by atoms with Gasteiger partial charge in [0.2, 0.25) is 10.0 Å². The van der Waals surface area contributed by atoms with Crippen LogP contribution in [0.3, 0.4) is 0 Å². The molecule has 4 rings (SSSR count). The molecule has 0 radical (unpaired) electrons. The van der Waals surface area contributed by atoms with E-state index < -0.39 is 28.1 Å². The third-order valence-electron chi connectivity index (χ3n) is 5.85. The number of nitrogens with zero attached hydrogens (tertiary/aromatic N) is 1. The van der Waals surface area contributed by atoms with Crippen LogP contribution in [-0.4, -0.2) is 47.6 Å². The van der Waals surface area contributed by atoms with E-state index in [0.29, 0.717) is 12.4 Å². The van der Waals surface area contributed by atoms with E-state index >= 15 is 0 Å². The van der Waals surface area contributed by atoms with E-state index in [0.717, 1.165) is 20.6 Å². The van der Waals surface area contributed by atoms with Crippen LogP contribution in [0.25, 0.3) is 10.8 Å². The van der Waals surface area contributed by atoms with E-state index in [9.17, 15) is 23.4 Å². The largest absolute Gasteiger partial charge is 0.489 e. The molecule has 0 aromatic heterocycles. The van der Waals surface area contributed by atoms with Crippen LogP contribution in [0.5, 0.6) is 5.75 Å². The molecule has 0 saturated carbocycles. The quantitative estimate of drug-likeness (QED) is 0.591. The number of carbonyl (C=O) groups is 1. The number of piperidine rings is 1. The minimum atomic E-state index is -4.07. The van der Waals surface area contributed by atoms with Crippen molar-refractivity contribution < 1.29 is 28.2 Å². The van der Waals surface area contributed by atoms with Crippen molar-refractivity contribution in [3.05, 3.63) is 71.8 Å². The van der Waals surface area contributed by atoms with E-state index in [1.807, 2.05) is 30.3 Å². The van der Waals surface area contributed by atoms with Gasteiger partial charge in [-0.1, -0.05) is 36.4 Å². The number of fused-ring (bicyclic) bond motifs is 1. The van der Waals surface area contributed by atoms with Crippen molar-refractivity contribution in [3.63, 3.8) is 0 Å². The monoisotopic (exact) mass is 455 g/mol. The van der Waals surface area contributed by atoms with Crippen LogP contribution in [0.1, 0.15) is 24.0 Å². The van der Waals surface area contributed by atoms with Crippen molar-refractivity contribution in [2.24, 2.45) is 0 Å². The standard InChI is InChI=1S/C24H25NO6S/c1-16-6-7-17(22-5-3-2-4-21(16)22)15-31-19-9-11-20(12-10-19)32(29,30)25-14-18(26)8-13-23(25)24(27)28/h2-7,9-12,18,23,26H,8,13-15H2,1H3,(H,27,28). The van der Waals surface area contributed by atoms with Gasteiger partial charge in [-0.05, 0) is 65.9 Å². The minimum Gasteiger partial charge on any atom is -0.489 e. The van der Waals surface area contributed by atoms with Crippen molar-refractivity contribution in [1.82, 2.24) is 4.31 Å². The van der Waals surface area contributed by atoms with Crippen LogP contribution in [0.15, 0.2) is 65.6 Å². The van der Waals surface area contributed by atoms with Gasteiger partial charge >= 0.3 is 5.97 Å². The molecule has 0 spiro atoms. The summed E-state index contributed by atoms with van der Waals surface area (Å²) in [7, 11) is -4.07. The third-order valence-corrected chi connectivity index (χ3v) is 7.74. The summed E-state index contributed by atoms with van der Waals surface area (Å²) >= 11 is 0. The van der Waals surface area contributed by atoms with Crippen molar-refractivity contribution in [1.29, 1.82) is 0 Å². The zero-order valence-electron chi connectivity index (χ0n) is 17.6. The van der Waals surface area contributed by atoms with Crippen LogP contribution in [0, 0.1) is 6.92 Å². The molecule has 2 unspecified atom stereocenters. The first kappa shape index (κ1) is 22.3. The molecule has 0 aliphatic carbocycles. The normalized spacial score (nSPS) is 19.7. The van der Waals surface area contributed by atoms with E-state index in [1.165, 1.54) is 17.7 Å². The van der Waals surface area contributed by atoms with Crippen molar-refractivity contribution >= 4 is 26.8 Å². The zero-order valence-corrected chi connectivity index (χ0v) is 18.5. The van der Waals surface area contributed by atoms with E-state index in [1.54, 1.807) is 12.1 Å². The number of hydrogen-bond donors (Lipinski definition) is 2. The first-order valence-electron chi connectivity index (χ1n) is 10.4. The topological polar surface area (TPSA) is 104 Å². The molecule has 2 N–H and O–H groups in total. The Kier molecular flexibility index (Phi) is 6.19. The summed E-state index contributed by atoms with van der Waals surface area (Å²) in [6.45, 7) is 2.15. The average molecular weight is 456 g/mol. The lowest BCUT2D eigenvalue weighted by atomic mass is 10.0. The molecule has 1 aliphatic rings. The van der Waals surface area contributed by atoms with Crippen LogP contribution in [-0.2, 0) is 21.4 Å². The first-order valence-corrected chi connectivity index (χ1v) is 11.8. The number of benzene rings is 3. The maximum absolute atomic E-state index is 13.0. The number of sulfonamides is 1. The molecule has 0 amide bonds. The van der Waals surface area contributed by atoms with Gasteiger partial charge in [0, 0.05) is 6.54 Å². The van der Waals surface area contributed by atoms with Gasteiger partial charge < -0.3 is 14.9 Å². The van der Waals surface area contributed by atoms with Gasteiger partial charge in [0.1, 0.15) is 18.4 Å². The van der Waals surface area contributed by atoms with Gasteiger partial charge in [-0.2, -0.15) is 4.31 Å². The van der Waals surface area contributed by atoms with Gasteiger partial charge in [-0.15, -0.1) is 0 Å². The number of ether oxygens (including phenoxy) is 1. The molecule has 1 aliphatic heterocycles. The highest BCUT2D eigenvalue weighted by Crippen LogP contribution is 2.28. The molecule has 3 aromatic carbocycles. The van der Waals surface area contributed by atoms with Gasteiger partial charge in [-0.25, -0.2) is 8.42 Å². The highest BCUT2D eigenvalue weighted by molar-refractivity contribution is 7.89. The van der Waals surface area contributed by atoms with E-state index in [2.05, 4.69) is 13.0 Å². The predicted octanol–water partition coefficient (Wildman–Crippen LogP) is 3.33. The SMILES string of the molecule is Cc1ccc(COc2ccc(S(=O)(=O)N3CC(O)CCC3C(=O)O)cc2)c2ccccc12. The molecular weight excluding hydrogens is 430 g/mol. The number of carboxylic acid groups (broad SMARTS) is 1. The Morgan fingerprint density at radius 2 is 1.72 bits per heavy atom. The van der Waals surface area contributed by atoms with E-state index in [4.69, 9.17) is 4.74 Å². The molecular formula is C24H25NO6S. The Morgan fingerprint density at radius 1 is 1.03 bits per heavy atom. The van der Waals surface area contributed by atoms with E-state index in [-0.39, 0.29) is 24.3 Å². The van der Waals surface area contributed by atoms with Gasteiger partial charge in [0.25, 0.3) is 0 Å². The number of aryl methyl sites for hydroxylation is 1. The number of aliphatic hydroxyl groups excluding tert-OH is 1. The number of carboxylic acids is 1. The molecule has 32 heavy (non-hydrogen) atoms. The minimum absolute atomic E-state index is 0.0361. The second-order valence-corrected chi connectivity index (χ2v) is 9.90. The predicted molar refractivity (Wildman–Crippen MR) is 120 cm³/mol. The molecule has 8 heteroatoms. The molecule has 168 valence electrons. The second kappa shape index (κ2) is 8.90. The molecule has 0 bridgehead atoms. The lowest BCUT2D eigenvalue weighted by molar-refractivity contribution is -0.143. The molecule has 1 fully saturated rings. The summed E-state index contributed by atoms with van der Waals surface area (Å²) in [5.74, 6) is -0.715. The Labute approximate surface area is 186 Å². The molecule has 2 atom stereocenters. The Hall–Kier alpha value is -2.94. The average Bonchev–Trinajstić information content (AvgIpc) is 2.79. The van der Waals surface area contributed by atoms with Crippen molar-refractivity contribution in [2.45, 2.75) is 43.4 Å². The zero-order chi connectivity index (χ0) is 22.9. The Bertz CT molecular complexity index is 1240. The summed E-state index contributed by atoms with van der Waals surface area (Å²) in [5.41, 5.74) is 2.20. The Morgan fingerprint density at radius 3 is 2.41 bits per heavy atom. The summed E-state index contributed by atoms with van der Waals surface area (Å²) < 4.78 is 32.8. The number of rotatable bonds is 6. The van der Waals surface area contributed by atoms with Crippen LogP contribution >= 0.6 is 0 Å². The number of hydrogen-bond acceptors (Lipinski definition) is 5. The van der Waals surface area contributed by atoms with Crippen molar-refractivity contribution in [2.75, 3.05) is 6.54 Å². The summed E-state index contributed by atoms with van der Waals surface area (Å²) in [4.78, 5) is 11.5. The van der Waals surface area contributed by atoms with Crippen molar-refractivity contribution in [3.8, 4) is 5.75 Å². The van der Waals surface area contributed by atoms with Crippen LogP contribution < -0.4 is 4.74 Å². The second-order valence-electron chi connectivity index (χ2n) is 8.01. The fourth-order valence-corrected chi connectivity index (χ4v) is 5.72. The third kappa shape index (κ3) is 4.34. The summed E-state index contributed by atoms with van der Waals surface area (Å²) in [5, 5.41) is 21.6. The number of aliphatic carboxylic acids is 1. The molecule has 1 heterocycles. The van der Waals surface area contributed by atoms with Crippen LogP contribution in [0.4, 0.5) is 0 Å². The number of β-amino-alcohol motifs (C(OH)–C–C–N with tert-alkyl or cyclic N) is 1. The van der Waals surface area contributed by atoms with Gasteiger partial charge in [0.05, 0.1) is 11.0 Å². The fraction of sp³-hybridized carbons (Fsp3) is 0.292. The fourth-order valence-electron chi connectivity index (χ4n) is 4.08. The molecule has 1 saturated heterocycles. The van der Waals surface area contributed by atoms with Gasteiger partial charge in [0.15, 0.2) is 0 Å².